The molecular formula is C29H24ClN5O4. The Bertz CT molecular complexity index is 1550. The van der Waals surface area contributed by atoms with E-state index in [2.05, 4.69) is 21.8 Å². The fraction of sp³-hybridized carbons (Fsp3) is 0.138. The van der Waals surface area contributed by atoms with Crippen molar-refractivity contribution in [1.82, 2.24) is 15.1 Å². The van der Waals surface area contributed by atoms with E-state index in [9.17, 15) is 19.6 Å². The number of carboxylic acids is 1. The van der Waals surface area contributed by atoms with E-state index in [4.69, 9.17) is 16.7 Å². The van der Waals surface area contributed by atoms with Gasteiger partial charge in [-0.05, 0) is 61.9 Å². The number of nitrogens with one attached hydrogen (secondary N) is 2. The molecule has 1 heterocycles. The first-order chi connectivity index (χ1) is 18.8. The molecule has 0 aliphatic carbocycles. The van der Waals surface area contributed by atoms with Gasteiger partial charge in [-0.2, -0.15) is 10.4 Å². The fourth-order valence-corrected chi connectivity index (χ4v) is 3.95. The second-order valence-corrected chi connectivity index (χ2v) is 9.12. The second-order valence-electron chi connectivity index (χ2n) is 8.69. The number of halogens is 1. The van der Waals surface area contributed by atoms with Crippen LogP contribution < -0.4 is 10.6 Å². The molecule has 1 aromatic heterocycles. The minimum Gasteiger partial charge on any atom is -0.478 e. The maximum Gasteiger partial charge on any atom is 0.335 e. The third-order valence-corrected chi connectivity index (χ3v) is 6.17. The molecule has 9 nitrogen and oxygen atoms in total. The van der Waals surface area contributed by atoms with Crippen LogP contribution in [0.15, 0.2) is 72.8 Å². The number of benzene rings is 3. The number of carboxylic acid groups (broad SMARTS) is 1. The van der Waals surface area contributed by atoms with Gasteiger partial charge in [0.25, 0.3) is 5.91 Å². The van der Waals surface area contributed by atoms with Gasteiger partial charge in [0, 0.05) is 29.2 Å². The van der Waals surface area contributed by atoms with Crippen LogP contribution in [0, 0.1) is 18.3 Å². The van der Waals surface area contributed by atoms with Crippen LogP contribution in [0.3, 0.4) is 0 Å². The lowest BCUT2D eigenvalue weighted by Crippen LogP contribution is -2.26. The number of ketones is 1. The molecule has 0 aliphatic rings. The zero-order valence-corrected chi connectivity index (χ0v) is 21.7. The molecule has 0 aliphatic heterocycles. The number of nitriles is 1. The smallest absolute Gasteiger partial charge is 0.335 e. The van der Waals surface area contributed by atoms with Gasteiger partial charge in [-0.1, -0.05) is 41.4 Å². The lowest BCUT2D eigenvalue weighted by atomic mass is 10.0. The molecular weight excluding hydrogens is 518 g/mol. The van der Waals surface area contributed by atoms with Crippen LogP contribution in [-0.2, 0) is 0 Å². The van der Waals surface area contributed by atoms with Crippen LogP contribution in [0.4, 0.5) is 5.82 Å². The Balaban J connectivity index is 1.50. The van der Waals surface area contributed by atoms with Crippen molar-refractivity contribution in [3.63, 3.8) is 0 Å². The number of carbonyl (C=O) groups is 3. The minimum atomic E-state index is -1.06. The first-order valence-corrected chi connectivity index (χ1v) is 12.4. The van der Waals surface area contributed by atoms with Crippen LogP contribution in [0.5, 0.6) is 0 Å². The monoisotopic (exact) mass is 541 g/mol. The molecule has 0 radical (unpaired) electrons. The predicted octanol–water partition coefficient (Wildman–Crippen LogP) is 4.87. The van der Waals surface area contributed by atoms with Crippen molar-refractivity contribution in [3.05, 3.63) is 111 Å². The van der Waals surface area contributed by atoms with Crippen molar-refractivity contribution < 1.29 is 19.5 Å². The number of amides is 1. The van der Waals surface area contributed by atoms with E-state index < -0.39 is 5.97 Å². The summed E-state index contributed by atoms with van der Waals surface area (Å²) in [5, 5.41) is 30.0. The predicted molar refractivity (Wildman–Crippen MR) is 147 cm³/mol. The summed E-state index contributed by atoms with van der Waals surface area (Å²) >= 11 is 6.04. The first-order valence-electron chi connectivity index (χ1n) is 12.0. The van der Waals surface area contributed by atoms with Crippen LogP contribution in [0.1, 0.15) is 54.3 Å². The summed E-state index contributed by atoms with van der Waals surface area (Å²) in [5.74, 6) is -1.41. The summed E-state index contributed by atoms with van der Waals surface area (Å²) < 4.78 is 1.50. The second kappa shape index (κ2) is 12.1. The molecule has 0 unspecified atom stereocenters. The van der Waals surface area contributed by atoms with Crippen molar-refractivity contribution in [2.24, 2.45) is 0 Å². The number of carbonyl (C=O) groups excluding carboxylic acids is 2. The number of hydrogen-bond donors (Lipinski definition) is 3. The molecule has 3 N–H and O–H groups in total. The Labute approximate surface area is 229 Å². The third kappa shape index (κ3) is 6.32. The average molecular weight is 542 g/mol. The molecule has 39 heavy (non-hydrogen) atoms. The van der Waals surface area contributed by atoms with E-state index in [-0.39, 0.29) is 28.5 Å². The summed E-state index contributed by atoms with van der Waals surface area (Å²) in [6, 6.07) is 21.7. The number of aryl methyl sites for hydroxylation is 1. The topological polar surface area (TPSA) is 137 Å². The van der Waals surface area contributed by atoms with Crippen LogP contribution in [0.2, 0.25) is 5.02 Å². The highest BCUT2D eigenvalue weighted by Crippen LogP contribution is 2.26. The van der Waals surface area contributed by atoms with Crippen molar-refractivity contribution in [2.45, 2.75) is 13.3 Å². The summed E-state index contributed by atoms with van der Waals surface area (Å²) in [5.41, 5.74) is 2.62. The number of rotatable bonds is 10. The highest BCUT2D eigenvalue weighted by atomic mass is 35.5. The number of hydrogen-bond acceptors (Lipinski definition) is 6. The molecule has 10 heteroatoms. The lowest BCUT2D eigenvalue weighted by Gasteiger charge is -2.11. The molecule has 196 valence electrons. The van der Waals surface area contributed by atoms with Crippen LogP contribution in [0.25, 0.3) is 5.69 Å². The van der Waals surface area contributed by atoms with Gasteiger partial charge < -0.3 is 15.7 Å². The van der Waals surface area contributed by atoms with E-state index >= 15 is 0 Å². The van der Waals surface area contributed by atoms with Crippen molar-refractivity contribution in [2.75, 3.05) is 18.4 Å². The van der Waals surface area contributed by atoms with E-state index in [1.807, 2.05) is 19.1 Å². The van der Waals surface area contributed by atoms with Gasteiger partial charge >= 0.3 is 5.97 Å². The standard InChI is InChI=1S/C29H24ClN5O4/c1-18-3-5-19(6-4-18)26(36)25-24(17-31)27(35(34-25)23-13-11-22(30)12-14-23)32-15-2-16-33-28(37)20-7-9-21(10-8-20)29(38)39/h3-14,32H,2,15-16H2,1H3,(H,33,37)(H,38,39). The highest BCUT2D eigenvalue weighted by Gasteiger charge is 2.25. The maximum absolute atomic E-state index is 13.3. The van der Waals surface area contributed by atoms with Crippen molar-refractivity contribution >= 4 is 35.1 Å². The number of aromatic carboxylic acids is 1. The number of aromatic nitrogens is 2. The van der Waals surface area contributed by atoms with Crippen LogP contribution in [-0.4, -0.2) is 45.6 Å². The maximum atomic E-state index is 13.3. The first kappa shape index (κ1) is 27.1. The SMILES string of the molecule is Cc1ccc(C(=O)c2nn(-c3ccc(Cl)cc3)c(NCCCNC(=O)c3ccc(C(=O)O)cc3)c2C#N)cc1. The van der Waals surface area contributed by atoms with Gasteiger partial charge in [0.2, 0.25) is 5.78 Å². The number of nitrogens with zero attached hydrogens (tertiary/aromatic N) is 3. The van der Waals surface area contributed by atoms with Gasteiger partial charge in [0.1, 0.15) is 17.5 Å². The molecule has 3 aromatic carbocycles. The van der Waals surface area contributed by atoms with Gasteiger partial charge in [-0.3, -0.25) is 9.59 Å². The van der Waals surface area contributed by atoms with Crippen molar-refractivity contribution in [1.29, 1.82) is 5.26 Å². The molecule has 1 amide bonds. The zero-order valence-electron chi connectivity index (χ0n) is 20.9. The molecule has 0 atom stereocenters. The normalized spacial score (nSPS) is 10.5. The van der Waals surface area contributed by atoms with E-state index in [1.54, 1.807) is 36.4 Å². The van der Waals surface area contributed by atoms with Crippen molar-refractivity contribution in [3.8, 4) is 11.8 Å². The fourth-order valence-electron chi connectivity index (χ4n) is 3.82. The molecule has 4 aromatic rings. The molecule has 4 rings (SSSR count). The van der Waals surface area contributed by atoms with Gasteiger partial charge in [0.15, 0.2) is 5.69 Å². The molecule has 0 bridgehead atoms. The summed E-state index contributed by atoms with van der Waals surface area (Å²) in [4.78, 5) is 36.6. The Morgan fingerprint density at radius 1 is 0.923 bits per heavy atom. The average Bonchev–Trinajstić information content (AvgIpc) is 3.31. The Hall–Kier alpha value is -4.94. The van der Waals surface area contributed by atoms with E-state index in [0.29, 0.717) is 47.2 Å². The number of anilines is 1. The molecule has 0 saturated heterocycles. The van der Waals surface area contributed by atoms with E-state index in [0.717, 1.165) is 5.56 Å². The quantitative estimate of drug-likeness (QED) is 0.192. The Morgan fingerprint density at radius 3 is 2.15 bits per heavy atom. The van der Waals surface area contributed by atoms with Crippen LogP contribution >= 0.6 is 11.6 Å². The Kier molecular flexibility index (Phi) is 8.39. The Morgan fingerprint density at radius 2 is 1.54 bits per heavy atom. The minimum absolute atomic E-state index is 0.0249. The van der Waals surface area contributed by atoms with E-state index in [1.165, 1.54) is 28.9 Å². The molecule has 0 saturated carbocycles. The summed E-state index contributed by atoms with van der Waals surface area (Å²) in [6.45, 7) is 2.60. The largest absolute Gasteiger partial charge is 0.478 e. The van der Waals surface area contributed by atoms with Gasteiger partial charge in [0.05, 0.1) is 11.3 Å². The third-order valence-electron chi connectivity index (χ3n) is 5.92. The summed E-state index contributed by atoms with van der Waals surface area (Å²) in [7, 11) is 0. The lowest BCUT2D eigenvalue weighted by molar-refractivity contribution is 0.0696. The van der Waals surface area contributed by atoms with Gasteiger partial charge in [-0.25, -0.2) is 9.48 Å². The summed E-state index contributed by atoms with van der Waals surface area (Å²) in [6.07, 6.45) is 0.497. The highest BCUT2D eigenvalue weighted by molar-refractivity contribution is 6.30. The van der Waals surface area contributed by atoms with Gasteiger partial charge in [-0.15, -0.1) is 0 Å². The molecule has 0 fully saturated rings. The molecule has 0 spiro atoms. The zero-order chi connectivity index (χ0) is 27.9.